The third-order valence-corrected chi connectivity index (χ3v) is 5.77. The Balaban J connectivity index is 0.000000351. The number of rotatable bonds is 4. The molecule has 0 spiro atoms. The van der Waals surface area contributed by atoms with Gasteiger partial charge in [0.05, 0.1) is 11.4 Å². The summed E-state index contributed by atoms with van der Waals surface area (Å²) in [4.78, 5) is 16.0. The van der Waals surface area contributed by atoms with Crippen molar-refractivity contribution in [1.82, 2.24) is 29.7 Å². The van der Waals surface area contributed by atoms with Crippen LogP contribution in [0.5, 0.6) is 11.5 Å². The SMILES string of the molecule is Nc1ncnc2c1c(-c1ccc(Oc3ccccc3)cc1)nn2C1CCCC1.c1cncnc1. The molecule has 34 heavy (non-hydrogen) atoms. The smallest absolute Gasteiger partial charge is 0.164 e. The molecule has 0 radical (unpaired) electrons. The van der Waals surface area contributed by atoms with Gasteiger partial charge in [0.1, 0.15) is 35.7 Å². The summed E-state index contributed by atoms with van der Waals surface area (Å²) in [6, 6.07) is 19.8. The minimum Gasteiger partial charge on any atom is -0.457 e. The molecule has 0 aliphatic heterocycles. The number of hydrogen-bond acceptors (Lipinski definition) is 7. The van der Waals surface area contributed by atoms with E-state index in [1.54, 1.807) is 18.5 Å². The molecule has 170 valence electrons. The summed E-state index contributed by atoms with van der Waals surface area (Å²) < 4.78 is 7.94. The summed E-state index contributed by atoms with van der Waals surface area (Å²) >= 11 is 0. The Labute approximate surface area is 197 Å². The Kier molecular flexibility index (Phi) is 6.38. The molecule has 1 aliphatic rings. The van der Waals surface area contributed by atoms with Gasteiger partial charge in [-0.05, 0) is 55.3 Å². The highest BCUT2D eigenvalue weighted by Gasteiger charge is 2.24. The van der Waals surface area contributed by atoms with Crippen molar-refractivity contribution in [3.8, 4) is 22.8 Å². The lowest BCUT2D eigenvalue weighted by molar-refractivity contribution is 0.479. The van der Waals surface area contributed by atoms with Crippen molar-refractivity contribution in [2.75, 3.05) is 5.73 Å². The van der Waals surface area contributed by atoms with Crippen molar-refractivity contribution < 1.29 is 4.74 Å². The molecular weight excluding hydrogens is 426 g/mol. The topological polar surface area (TPSA) is 105 Å². The van der Waals surface area contributed by atoms with Gasteiger partial charge in [0, 0.05) is 18.0 Å². The van der Waals surface area contributed by atoms with Gasteiger partial charge in [0.15, 0.2) is 5.65 Å². The van der Waals surface area contributed by atoms with Crippen LogP contribution in [0.3, 0.4) is 0 Å². The van der Waals surface area contributed by atoms with E-state index >= 15 is 0 Å². The average molecular weight is 452 g/mol. The van der Waals surface area contributed by atoms with Crippen molar-refractivity contribution >= 4 is 16.9 Å². The first-order chi connectivity index (χ1) is 16.8. The number of aromatic nitrogens is 6. The molecule has 3 aromatic heterocycles. The van der Waals surface area contributed by atoms with Crippen LogP contribution in [0.15, 0.2) is 85.7 Å². The first kappa shape index (κ1) is 21.5. The number of nitrogens with zero attached hydrogens (tertiary/aromatic N) is 6. The molecule has 0 amide bonds. The van der Waals surface area contributed by atoms with Crippen LogP contribution in [0.2, 0.25) is 0 Å². The van der Waals surface area contributed by atoms with E-state index in [-0.39, 0.29) is 0 Å². The molecule has 6 rings (SSSR count). The van der Waals surface area contributed by atoms with Gasteiger partial charge in [-0.3, -0.25) is 0 Å². The zero-order chi connectivity index (χ0) is 23.2. The van der Waals surface area contributed by atoms with E-state index in [9.17, 15) is 0 Å². The molecule has 0 unspecified atom stereocenters. The summed E-state index contributed by atoms with van der Waals surface area (Å²) in [5.41, 5.74) is 8.83. The Morgan fingerprint density at radius 3 is 2.15 bits per heavy atom. The maximum atomic E-state index is 6.21. The quantitative estimate of drug-likeness (QED) is 0.387. The molecule has 1 saturated carbocycles. The van der Waals surface area contributed by atoms with Gasteiger partial charge in [0.2, 0.25) is 0 Å². The molecule has 8 nitrogen and oxygen atoms in total. The minimum atomic E-state index is 0.381. The van der Waals surface area contributed by atoms with Crippen LogP contribution in [0.4, 0.5) is 5.82 Å². The van der Waals surface area contributed by atoms with E-state index in [2.05, 4.69) is 19.9 Å². The molecule has 0 saturated heterocycles. The van der Waals surface area contributed by atoms with E-state index in [0.717, 1.165) is 46.6 Å². The highest BCUT2D eigenvalue weighted by Crippen LogP contribution is 2.37. The lowest BCUT2D eigenvalue weighted by atomic mass is 10.1. The summed E-state index contributed by atoms with van der Waals surface area (Å²) in [6.45, 7) is 0. The monoisotopic (exact) mass is 451 g/mol. The molecule has 3 heterocycles. The normalized spacial score (nSPS) is 13.4. The Morgan fingerprint density at radius 1 is 0.794 bits per heavy atom. The van der Waals surface area contributed by atoms with Gasteiger partial charge < -0.3 is 10.5 Å². The van der Waals surface area contributed by atoms with Crippen LogP contribution in [0, 0.1) is 0 Å². The summed E-state index contributed by atoms with van der Waals surface area (Å²) in [5.74, 6) is 2.05. The average Bonchev–Trinajstić information content (AvgIpc) is 3.56. The second-order valence-corrected chi connectivity index (χ2v) is 8.03. The lowest BCUT2D eigenvalue weighted by Gasteiger charge is -2.10. The van der Waals surface area contributed by atoms with Crippen molar-refractivity contribution in [2.24, 2.45) is 0 Å². The second kappa shape index (κ2) is 10.1. The first-order valence-electron chi connectivity index (χ1n) is 11.3. The van der Waals surface area contributed by atoms with Crippen molar-refractivity contribution in [3.05, 3.63) is 85.7 Å². The number of hydrogen-bond donors (Lipinski definition) is 1. The minimum absolute atomic E-state index is 0.381. The largest absolute Gasteiger partial charge is 0.457 e. The molecule has 0 bridgehead atoms. The van der Waals surface area contributed by atoms with Gasteiger partial charge in [-0.25, -0.2) is 24.6 Å². The van der Waals surface area contributed by atoms with E-state index in [0.29, 0.717) is 11.9 Å². The Hall–Kier alpha value is -4.33. The van der Waals surface area contributed by atoms with Crippen LogP contribution >= 0.6 is 0 Å². The summed E-state index contributed by atoms with van der Waals surface area (Å²) in [7, 11) is 0. The van der Waals surface area contributed by atoms with Gasteiger partial charge in [0.25, 0.3) is 0 Å². The molecule has 2 aromatic carbocycles. The number of para-hydroxylation sites is 1. The van der Waals surface area contributed by atoms with Gasteiger partial charge in [-0.2, -0.15) is 5.10 Å². The molecule has 8 heteroatoms. The zero-order valence-electron chi connectivity index (χ0n) is 18.7. The highest BCUT2D eigenvalue weighted by molar-refractivity contribution is 5.98. The number of benzene rings is 2. The highest BCUT2D eigenvalue weighted by atomic mass is 16.5. The number of fused-ring (bicyclic) bond motifs is 1. The summed E-state index contributed by atoms with van der Waals surface area (Å²) in [5, 5.41) is 5.73. The molecular formula is C26H25N7O. The van der Waals surface area contributed by atoms with Crippen molar-refractivity contribution in [1.29, 1.82) is 0 Å². The fourth-order valence-corrected chi connectivity index (χ4v) is 4.16. The zero-order valence-corrected chi connectivity index (χ0v) is 18.7. The molecule has 1 aliphatic carbocycles. The second-order valence-electron chi connectivity index (χ2n) is 8.03. The molecule has 1 fully saturated rings. The third-order valence-electron chi connectivity index (χ3n) is 5.77. The van der Waals surface area contributed by atoms with Crippen LogP contribution in [-0.4, -0.2) is 29.7 Å². The van der Waals surface area contributed by atoms with E-state index < -0.39 is 0 Å². The van der Waals surface area contributed by atoms with Gasteiger partial charge in [-0.15, -0.1) is 0 Å². The number of anilines is 1. The number of ether oxygens (including phenoxy) is 1. The van der Waals surface area contributed by atoms with Crippen LogP contribution < -0.4 is 10.5 Å². The maximum absolute atomic E-state index is 6.21. The first-order valence-corrected chi connectivity index (χ1v) is 11.3. The van der Waals surface area contributed by atoms with Gasteiger partial charge in [-0.1, -0.05) is 31.0 Å². The summed E-state index contributed by atoms with van der Waals surface area (Å²) in [6.07, 6.45) is 11.1. The maximum Gasteiger partial charge on any atom is 0.164 e. The fourth-order valence-electron chi connectivity index (χ4n) is 4.16. The van der Waals surface area contributed by atoms with E-state index in [1.807, 2.05) is 59.3 Å². The van der Waals surface area contributed by atoms with E-state index in [4.69, 9.17) is 15.6 Å². The third kappa shape index (κ3) is 4.71. The van der Waals surface area contributed by atoms with Crippen molar-refractivity contribution in [3.63, 3.8) is 0 Å². The fraction of sp³-hybridized carbons (Fsp3) is 0.192. The van der Waals surface area contributed by atoms with Crippen LogP contribution in [-0.2, 0) is 0 Å². The van der Waals surface area contributed by atoms with E-state index in [1.165, 1.54) is 25.5 Å². The van der Waals surface area contributed by atoms with Gasteiger partial charge >= 0.3 is 0 Å². The predicted octanol–water partition coefficient (Wildman–Crippen LogP) is 5.46. The standard InChI is InChI=1S/C22H21N5O.C4H4N2/c23-21-19-20(26-27(16-6-4-5-7-16)22(19)25-14-24-21)15-10-12-18(13-11-15)28-17-8-2-1-3-9-17;1-2-5-4-6-3-1/h1-3,8-14,16H,4-7H2,(H2,23,24,25);1-4H. The predicted molar refractivity (Wildman–Crippen MR) is 131 cm³/mol. The lowest BCUT2D eigenvalue weighted by Crippen LogP contribution is -2.07. The number of nitrogen functional groups attached to an aromatic ring is 1. The molecule has 2 N–H and O–H groups in total. The van der Waals surface area contributed by atoms with Crippen LogP contribution in [0.25, 0.3) is 22.3 Å². The Bertz CT molecular complexity index is 1310. The van der Waals surface area contributed by atoms with Crippen LogP contribution in [0.1, 0.15) is 31.7 Å². The number of nitrogens with two attached hydrogens (primary N) is 1. The Morgan fingerprint density at radius 2 is 1.50 bits per heavy atom. The molecule has 0 atom stereocenters. The van der Waals surface area contributed by atoms with Crippen molar-refractivity contribution in [2.45, 2.75) is 31.7 Å². The molecule has 5 aromatic rings.